The van der Waals surface area contributed by atoms with E-state index in [1.54, 1.807) is 12.1 Å². The van der Waals surface area contributed by atoms with E-state index < -0.39 is 20.7 Å². The molecule has 1 aliphatic rings. The molecule has 2 rings (SSSR count). The summed E-state index contributed by atoms with van der Waals surface area (Å²) >= 11 is 0. The lowest BCUT2D eigenvalue weighted by Gasteiger charge is -2.18. The van der Waals surface area contributed by atoms with Crippen LogP contribution in [-0.4, -0.2) is 30.6 Å². The van der Waals surface area contributed by atoms with Crippen LogP contribution in [0.15, 0.2) is 29.2 Å². The number of rotatable bonds is 9. The Labute approximate surface area is 161 Å². The minimum absolute atomic E-state index is 0.0715. The quantitative estimate of drug-likeness (QED) is 0.207. The standard InChI is InChI=1S/C20H28N2O4S/c1-2-3-4-8-15-26-17-11-13-18(14-12-17)27(24,25)20(22-21)19(23)16-9-6-5-7-10-16/h11-14,16H,2-10,15H2,1H3. The first-order chi connectivity index (χ1) is 13.0. The number of Topliss-reactive ketones (excluding diaryl/α,β-unsaturated/α-hetero) is 1. The van der Waals surface area contributed by atoms with E-state index in [0.717, 1.165) is 38.5 Å². The van der Waals surface area contributed by atoms with Gasteiger partial charge in [0.15, 0.2) is 0 Å². The molecule has 1 aromatic carbocycles. The van der Waals surface area contributed by atoms with Crippen LogP contribution in [0, 0.1) is 5.92 Å². The van der Waals surface area contributed by atoms with Crippen molar-refractivity contribution in [3.63, 3.8) is 0 Å². The first kappa shape index (κ1) is 21.3. The Hall–Kier alpha value is -1.98. The van der Waals surface area contributed by atoms with E-state index in [1.807, 2.05) is 0 Å². The Kier molecular flexibility index (Phi) is 8.20. The number of hydrogen-bond acceptors (Lipinski definition) is 4. The molecule has 27 heavy (non-hydrogen) atoms. The fourth-order valence-electron chi connectivity index (χ4n) is 3.32. The third-order valence-corrected chi connectivity index (χ3v) is 6.62. The van der Waals surface area contributed by atoms with E-state index >= 15 is 0 Å². The molecular formula is C20H28N2O4S. The zero-order valence-corrected chi connectivity index (χ0v) is 16.7. The van der Waals surface area contributed by atoms with Gasteiger partial charge in [-0.25, -0.2) is 8.42 Å². The van der Waals surface area contributed by atoms with Crippen LogP contribution >= 0.6 is 0 Å². The Balaban J connectivity index is 2.06. The van der Waals surface area contributed by atoms with Gasteiger partial charge in [-0.1, -0.05) is 45.4 Å². The van der Waals surface area contributed by atoms with Crippen molar-refractivity contribution in [3.8, 4) is 5.75 Å². The molecule has 0 amide bonds. The second-order valence-electron chi connectivity index (χ2n) is 6.99. The Bertz CT molecular complexity index is 775. The fourth-order valence-corrected chi connectivity index (χ4v) is 4.58. The largest absolute Gasteiger partial charge is 0.494 e. The van der Waals surface area contributed by atoms with Crippen LogP contribution in [0.1, 0.15) is 64.7 Å². The number of ether oxygens (including phenoxy) is 1. The average molecular weight is 393 g/mol. The molecule has 7 heteroatoms. The molecule has 1 saturated carbocycles. The minimum atomic E-state index is -4.15. The van der Waals surface area contributed by atoms with Gasteiger partial charge in [0.1, 0.15) is 5.75 Å². The van der Waals surface area contributed by atoms with Crippen LogP contribution in [0.4, 0.5) is 0 Å². The normalized spacial score (nSPS) is 15.1. The number of unbranched alkanes of at least 4 members (excludes halogenated alkanes) is 3. The summed E-state index contributed by atoms with van der Waals surface area (Å²) in [5.74, 6) is -0.398. The van der Waals surface area contributed by atoms with Gasteiger partial charge in [-0.2, -0.15) is 0 Å². The topological polar surface area (TPSA) is 96.8 Å². The maximum absolute atomic E-state index is 12.7. The summed E-state index contributed by atoms with van der Waals surface area (Å²) in [6.07, 6.45) is 8.46. The number of sulfone groups is 1. The monoisotopic (exact) mass is 392 g/mol. The summed E-state index contributed by atoms with van der Waals surface area (Å²) in [5.41, 5.74) is 9.23. The van der Waals surface area contributed by atoms with Crippen molar-refractivity contribution in [2.45, 2.75) is 69.6 Å². The lowest BCUT2D eigenvalue weighted by molar-refractivity contribution is -0.120. The molecule has 0 atom stereocenters. The van der Waals surface area contributed by atoms with Gasteiger partial charge >= 0.3 is 5.04 Å². The zero-order chi connectivity index (χ0) is 19.7. The van der Waals surface area contributed by atoms with Crippen LogP contribution < -0.4 is 4.74 Å². The summed E-state index contributed by atoms with van der Waals surface area (Å²) in [6.45, 7) is 2.72. The molecule has 0 heterocycles. The highest BCUT2D eigenvalue weighted by molar-refractivity contribution is 8.08. The molecule has 0 radical (unpaired) electrons. The van der Waals surface area contributed by atoms with Crippen molar-refractivity contribution >= 4 is 20.7 Å². The van der Waals surface area contributed by atoms with Crippen molar-refractivity contribution < 1.29 is 22.7 Å². The Morgan fingerprint density at radius 2 is 1.78 bits per heavy atom. The molecule has 0 bridgehead atoms. The predicted molar refractivity (Wildman–Crippen MR) is 103 cm³/mol. The number of hydrogen-bond donors (Lipinski definition) is 0. The molecule has 1 aromatic rings. The lowest BCUT2D eigenvalue weighted by atomic mass is 9.86. The lowest BCUT2D eigenvalue weighted by Crippen LogP contribution is -2.32. The van der Waals surface area contributed by atoms with E-state index in [0.29, 0.717) is 25.2 Å². The van der Waals surface area contributed by atoms with Gasteiger partial charge in [0.05, 0.1) is 11.5 Å². The molecule has 1 aliphatic carbocycles. The van der Waals surface area contributed by atoms with Crippen molar-refractivity contribution in [1.82, 2.24) is 0 Å². The van der Waals surface area contributed by atoms with Crippen LogP contribution in [0.25, 0.3) is 5.53 Å². The molecule has 6 nitrogen and oxygen atoms in total. The van der Waals surface area contributed by atoms with E-state index in [-0.39, 0.29) is 10.8 Å². The fraction of sp³-hybridized carbons (Fsp3) is 0.600. The number of ketones is 1. The molecule has 0 aliphatic heterocycles. The molecule has 0 spiro atoms. The molecular weight excluding hydrogens is 364 g/mol. The maximum atomic E-state index is 12.7. The zero-order valence-electron chi connectivity index (χ0n) is 15.9. The Morgan fingerprint density at radius 1 is 1.11 bits per heavy atom. The van der Waals surface area contributed by atoms with Crippen molar-refractivity contribution in [2.75, 3.05) is 6.61 Å². The third-order valence-electron chi connectivity index (χ3n) is 4.93. The van der Waals surface area contributed by atoms with E-state index in [1.165, 1.54) is 18.6 Å². The van der Waals surface area contributed by atoms with Gasteiger partial charge in [0, 0.05) is 5.92 Å². The van der Waals surface area contributed by atoms with Crippen LogP contribution in [0.5, 0.6) is 5.75 Å². The average Bonchev–Trinajstić information content (AvgIpc) is 2.69. The second kappa shape index (κ2) is 10.4. The van der Waals surface area contributed by atoms with Crippen LogP contribution in [0.3, 0.4) is 0 Å². The molecule has 1 fully saturated rings. The molecule has 0 aromatic heterocycles. The summed E-state index contributed by atoms with van der Waals surface area (Å²) in [5, 5.41) is -0.761. The highest BCUT2D eigenvalue weighted by Gasteiger charge is 2.41. The van der Waals surface area contributed by atoms with E-state index in [2.05, 4.69) is 11.7 Å². The van der Waals surface area contributed by atoms with Gasteiger partial charge in [0.2, 0.25) is 0 Å². The number of benzene rings is 1. The summed E-state index contributed by atoms with van der Waals surface area (Å²) in [4.78, 5) is 15.3. The van der Waals surface area contributed by atoms with Crippen LogP contribution in [0.2, 0.25) is 0 Å². The smallest absolute Gasteiger partial charge is 0.452 e. The second-order valence-corrected chi connectivity index (χ2v) is 8.85. The number of nitrogens with zero attached hydrogens (tertiary/aromatic N) is 2. The van der Waals surface area contributed by atoms with Gasteiger partial charge in [-0.15, -0.1) is 4.79 Å². The molecule has 0 saturated heterocycles. The van der Waals surface area contributed by atoms with Crippen molar-refractivity contribution in [2.24, 2.45) is 5.92 Å². The van der Waals surface area contributed by atoms with Gasteiger partial charge in [-0.3, -0.25) is 4.79 Å². The van der Waals surface area contributed by atoms with Crippen LogP contribution in [-0.2, 0) is 14.6 Å². The number of carbonyl (C=O) groups is 1. The number of carbonyl (C=O) groups excluding carboxylic acids is 1. The first-order valence-corrected chi connectivity index (χ1v) is 11.2. The highest BCUT2D eigenvalue weighted by atomic mass is 32.2. The molecule has 0 unspecified atom stereocenters. The highest BCUT2D eigenvalue weighted by Crippen LogP contribution is 2.26. The van der Waals surface area contributed by atoms with Gasteiger partial charge in [-0.05, 0) is 43.5 Å². The third kappa shape index (κ3) is 5.75. The van der Waals surface area contributed by atoms with Crippen molar-refractivity contribution in [1.29, 1.82) is 0 Å². The summed E-state index contributed by atoms with van der Waals surface area (Å²) < 4.78 is 31.1. The van der Waals surface area contributed by atoms with E-state index in [9.17, 15) is 18.7 Å². The molecule has 0 N–H and O–H groups in total. The van der Waals surface area contributed by atoms with Gasteiger partial charge < -0.3 is 10.3 Å². The molecule has 148 valence electrons. The minimum Gasteiger partial charge on any atom is -0.494 e. The maximum Gasteiger partial charge on any atom is 0.452 e. The first-order valence-electron chi connectivity index (χ1n) is 9.75. The SMILES string of the molecule is CCCCCCOc1ccc(S(=O)(=O)C(=[N+]=[N-])C(=O)C2CCCCC2)cc1. The van der Waals surface area contributed by atoms with Gasteiger partial charge in [0.25, 0.3) is 15.6 Å². The predicted octanol–water partition coefficient (Wildman–Crippen LogP) is 4.20. The van der Waals surface area contributed by atoms with Crippen molar-refractivity contribution in [3.05, 3.63) is 29.8 Å². The summed E-state index contributed by atoms with van der Waals surface area (Å²) in [6, 6.07) is 5.89. The Morgan fingerprint density at radius 3 is 2.37 bits per heavy atom. The van der Waals surface area contributed by atoms with E-state index in [4.69, 9.17) is 4.74 Å². The summed E-state index contributed by atoms with van der Waals surface area (Å²) in [7, 11) is -4.15.